The first-order valence-electron chi connectivity index (χ1n) is 5.55. The molecule has 0 N–H and O–H groups in total. The van der Waals surface area contributed by atoms with Crippen molar-refractivity contribution < 1.29 is 9.53 Å². The summed E-state index contributed by atoms with van der Waals surface area (Å²) in [6.45, 7) is 5.90. The molecule has 0 spiro atoms. The third-order valence-electron chi connectivity index (χ3n) is 2.85. The average Bonchev–Trinajstić information content (AvgIpc) is 2.15. The first-order valence-corrected chi connectivity index (χ1v) is 5.55. The first-order chi connectivity index (χ1) is 6.72. The fraction of sp³-hybridized carbons (Fsp3) is 0.750. The summed E-state index contributed by atoms with van der Waals surface area (Å²) < 4.78 is 5.51. The molecule has 0 aromatic rings. The van der Waals surface area contributed by atoms with Crippen molar-refractivity contribution in [3.63, 3.8) is 0 Å². The van der Waals surface area contributed by atoms with Gasteiger partial charge in [-0.05, 0) is 25.7 Å². The van der Waals surface area contributed by atoms with Crippen LogP contribution in [0.3, 0.4) is 0 Å². The van der Waals surface area contributed by atoms with Gasteiger partial charge in [-0.25, -0.2) is 0 Å². The average molecular weight is 196 g/mol. The zero-order valence-electron chi connectivity index (χ0n) is 9.05. The number of cyclic esters (lactones) is 1. The lowest BCUT2D eigenvalue weighted by Gasteiger charge is -2.36. The van der Waals surface area contributed by atoms with Gasteiger partial charge in [-0.1, -0.05) is 19.4 Å². The molecule has 1 fully saturated rings. The molecule has 1 atom stereocenters. The Morgan fingerprint density at radius 1 is 1.64 bits per heavy atom. The lowest BCUT2D eigenvalue weighted by molar-refractivity contribution is -0.168. The molecule has 1 unspecified atom stereocenters. The Hall–Kier alpha value is -0.790. The first kappa shape index (κ1) is 11.3. The van der Waals surface area contributed by atoms with Gasteiger partial charge in [0.2, 0.25) is 0 Å². The summed E-state index contributed by atoms with van der Waals surface area (Å²) in [7, 11) is 0. The Kier molecular flexibility index (Phi) is 4.18. The van der Waals surface area contributed by atoms with Gasteiger partial charge in [0.05, 0.1) is 0 Å². The van der Waals surface area contributed by atoms with Crippen LogP contribution in [0.15, 0.2) is 12.7 Å². The van der Waals surface area contributed by atoms with E-state index in [0.717, 1.165) is 38.5 Å². The van der Waals surface area contributed by atoms with Crippen molar-refractivity contribution in [1.82, 2.24) is 0 Å². The summed E-state index contributed by atoms with van der Waals surface area (Å²) in [5.41, 5.74) is -0.215. The molecule has 0 aliphatic carbocycles. The van der Waals surface area contributed by atoms with Gasteiger partial charge in [0.15, 0.2) is 0 Å². The Bertz CT molecular complexity index is 210. The van der Waals surface area contributed by atoms with E-state index in [0.29, 0.717) is 6.42 Å². The van der Waals surface area contributed by atoms with Gasteiger partial charge < -0.3 is 4.74 Å². The van der Waals surface area contributed by atoms with Crippen molar-refractivity contribution in [1.29, 1.82) is 0 Å². The number of hydrogen-bond acceptors (Lipinski definition) is 2. The Morgan fingerprint density at radius 3 is 3.00 bits per heavy atom. The van der Waals surface area contributed by atoms with Crippen molar-refractivity contribution in [2.75, 3.05) is 0 Å². The number of hydrogen-bond donors (Lipinski definition) is 0. The van der Waals surface area contributed by atoms with Gasteiger partial charge in [-0.15, -0.1) is 6.58 Å². The van der Waals surface area contributed by atoms with Crippen LogP contribution in [0.25, 0.3) is 0 Å². The summed E-state index contributed by atoms with van der Waals surface area (Å²) in [5, 5.41) is 0. The monoisotopic (exact) mass is 196 g/mol. The van der Waals surface area contributed by atoms with Crippen LogP contribution in [-0.4, -0.2) is 11.6 Å². The summed E-state index contributed by atoms with van der Waals surface area (Å²) in [5.74, 6) is -0.0331. The minimum absolute atomic E-state index is 0.0331. The van der Waals surface area contributed by atoms with Gasteiger partial charge in [-0.2, -0.15) is 0 Å². The highest BCUT2D eigenvalue weighted by Crippen LogP contribution is 2.33. The van der Waals surface area contributed by atoms with Gasteiger partial charge >= 0.3 is 5.97 Å². The molecule has 1 aliphatic rings. The lowest BCUT2D eigenvalue weighted by atomic mass is 9.85. The minimum Gasteiger partial charge on any atom is -0.459 e. The van der Waals surface area contributed by atoms with Crippen molar-refractivity contribution >= 4 is 5.97 Å². The molecule has 2 heteroatoms. The molecule has 0 bridgehead atoms. The second kappa shape index (κ2) is 5.18. The molecule has 1 rings (SSSR count). The quantitative estimate of drug-likeness (QED) is 0.498. The van der Waals surface area contributed by atoms with E-state index >= 15 is 0 Å². The van der Waals surface area contributed by atoms with Crippen LogP contribution in [0, 0.1) is 0 Å². The largest absolute Gasteiger partial charge is 0.459 e. The Balaban J connectivity index is 2.58. The topological polar surface area (TPSA) is 26.3 Å². The molecule has 1 saturated heterocycles. The highest BCUT2D eigenvalue weighted by Gasteiger charge is 2.35. The fourth-order valence-electron chi connectivity index (χ4n) is 2.08. The third kappa shape index (κ3) is 2.86. The van der Waals surface area contributed by atoms with Crippen LogP contribution in [0.1, 0.15) is 51.9 Å². The number of ether oxygens (including phenoxy) is 1. The molecule has 14 heavy (non-hydrogen) atoms. The standard InChI is InChI=1S/C12H20O2/c1-3-5-9-12(8-4-2)10-6-7-11(13)14-12/h4H,2-3,5-10H2,1H3. The molecule has 0 radical (unpaired) electrons. The second-order valence-electron chi connectivity index (χ2n) is 4.11. The van der Waals surface area contributed by atoms with Crippen LogP contribution in [0.5, 0.6) is 0 Å². The minimum atomic E-state index is -0.215. The number of unbranched alkanes of at least 4 members (excludes halogenated alkanes) is 1. The zero-order valence-corrected chi connectivity index (χ0v) is 9.05. The molecule has 0 aromatic carbocycles. The maximum Gasteiger partial charge on any atom is 0.306 e. The van der Waals surface area contributed by atoms with Gasteiger partial charge in [0.25, 0.3) is 0 Å². The van der Waals surface area contributed by atoms with E-state index in [1.807, 2.05) is 6.08 Å². The fourth-order valence-corrected chi connectivity index (χ4v) is 2.08. The van der Waals surface area contributed by atoms with E-state index in [4.69, 9.17) is 4.74 Å². The maximum atomic E-state index is 11.3. The van der Waals surface area contributed by atoms with Gasteiger partial charge in [0, 0.05) is 12.8 Å². The van der Waals surface area contributed by atoms with Crippen molar-refractivity contribution in [3.8, 4) is 0 Å². The summed E-state index contributed by atoms with van der Waals surface area (Å²) in [6, 6.07) is 0. The second-order valence-corrected chi connectivity index (χ2v) is 4.11. The SMILES string of the molecule is C=CCC1(CCCC)CCCC(=O)O1. The number of rotatable bonds is 5. The maximum absolute atomic E-state index is 11.3. The van der Waals surface area contributed by atoms with E-state index in [-0.39, 0.29) is 11.6 Å². The van der Waals surface area contributed by atoms with E-state index in [1.54, 1.807) is 0 Å². The molecule has 0 saturated carbocycles. The van der Waals surface area contributed by atoms with E-state index in [9.17, 15) is 4.79 Å². The highest BCUT2D eigenvalue weighted by atomic mass is 16.6. The third-order valence-corrected chi connectivity index (χ3v) is 2.85. The molecule has 0 amide bonds. The molecular formula is C12H20O2. The summed E-state index contributed by atoms with van der Waals surface area (Å²) >= 11 is 0. The van der Waals surface area contributed by atoms with Crippen molar-refractivity contribution in [2.24, 2.45) is 0 Å². The Labute approximate surface area is 86.3 Å². The van der Waals surface area contributed by atoms with Gasteiger partial charge in [0.1, 0.15) is 5.60 Å². The lowest BCUT2D eigenvalue weighted by Crippen LogP contribution is -2.38. The molecular weight excluding hydrogens is 176 g/mol. The predicted octanol–water partition coefficient (Wildman–Crippen LogP) is 3.22. The zero-order chi connectivity index (χ0) is 10.4. The number of esters is 1. The van der Waals surface area contributed by atoms with Crippen molar-refractivity contribution in [3.05, 3.63) is 12.7 Å². The van der Waals surface area contributed by atoms with Crippen molar-refractivity contribution in [2.45, 2.75) is 57.5 Å². The molecule has 80 valence electrons. The van der Waals surface area contributed by atoms with Crippen LogP contribution in [0.2, 0.25) is 0 Å². The van der Waals surface area contributed by atoms with E-state index in [1.165, 1.54) is 0 Å². The molecule has 1 heterocycles. The van der Waals surface area contributed by atoms with Crippen LogP contribution in [-0.2, 0) is 9.53 Å². The number of carbonyl (C=O) groups excluding carboxylic acids is 1. The number of carbonyl (C=O) groups is 1. The van der Waals surface area contributed by atoms with Crippen LogP contribution in [0.4, 0.5) is 0 Å². The summed E-state index contributed by atoms with van der Waals surface area (Å²) in [4.78, 5) is 11.3. The smallest absolute Gasteiger partial charge is 0.306 e. The Morgan fingerprint density at radius 2 is 2.43 bits per heavy atom. The van der Waals surface area contributed by atoms with E-state index < -0.39 is 0 Å². The van der Waals surface area contributed by atoms with Crippen LogP contribution >= 0.6 is 0 Å². The van der Waals surface area contributed by atoms with Gasteiger partial charge in [-0.3, -0.25) is 4.79 Å². The van der Waals surface area contributed by atoms with Crippen LogP contribution < -0.4 is 0 Å². The molecule has 1 aliphatic heterocycles. The highest BCUT2D eigenvalue weighted by molar-refractivity contribution is 5.70. The molecule has 2 nitrogen and oxygen atoms in total. The predicted molar refractivity (Wildman–Crippen MR) is 57.0 cm³/mol. The summed E-state index contributed by atoms with van der Waals surface area (Å²) in [6.07, 6.45) is 8.50. The van der Waals surface area contributed by atoms with E-state index in [2.05, 4.69) is 13.5 Å². The normalized spacial score (nSPS) is 27.1. The molecule has 0 aromatic heterocycles.